The van der Waals surface area contributed by atoms with Crippen LogP contribution >= 0.6 is 22.7 Å². The molecule has 0 spiro atoms. The number of nitrogens with one attached hydrogen (secondary N) is 1. The molecule has 30 heavy (non-hydrogen) atoms. The number of likely N-dealkylation sites (N-methyl/N-ethyl adjacent to an activating group) is 1. The van der Waals surface area contributed by atoms with Crippen LogP contribution in [0, 0.1) is 0 Å². The molecule has 8 heteroatoms. The average Bonchev–Trinajstić information content (AvgIpc) is 3.40. The lowest BCUT2D eigenvalue weighted by Gasteiger charge is -2.24. The number of hydrogen-bond donors (Lipinski definition) is 1. The number of benzene rings is 1. The normalized spacial score (nSPS) is 12.1. The van der Waals surface area contributed by atoms with Crippen molar-refractivity contribution in [1.82, 2.24) is 14.9 Å². The van der Waals surface area contributed by atoms with Crippen molar-refractivity contribution in [3.05, 3.63) is 69.9 Å². The van der Waals surface area contributed by atoms with Crippen LogP contribution in [0.25, 0.3) is 20.7 Å². The van der Waals surface area contributed by atoms with Crippen molar-refractivity contribution in [3.63, 3.8) is 0 Å². The number of para-hydroxylation sites is 1. The van der Waals surface area contributed by atoms with Gasteiger partial charge in [-0.05, 0) is 30.5 Å². The summed E-state index contributed by atoms with van der Waals surface area (Å²) in [6.07, 6.45) is 1.46. The van der Waals surface area contributed by atoms with E-state index in [0.717, 1.165) is 16.1 Å². The van der Waals surface area contributed by atoms with Gasteiger partial charge in [-0.25, -0.2) is 4.98 Å². The van der Waals surface area contributed by atoms with Gasteiger partial charge in [-0.2, -0.15) is 0 Å². The number of fused-ring (bicyclic) bond motifs is 1. The molecule has 1 aromatic carbocycles. The highest BCUT2D eigenvalue weighted by Gasteiger charge is 2.16. The number of nitrogens with zero attached hydrogens (tertiary/aromatic N) is 3. The Labute approximate surface area is 182 Å². The van der Waals surface area contributed by atoms with Gasteiger partial charge in [-0.15, -0.1) is 22.7 Å². The van der Waals surface area contributed by atoms with Gasteiger partial charge < -0.3 is 10.2 Å². The first kappa shape index (κ1) is 20.3. The number of hydrogen-bond acceptors (Lipinski definition) is 6. The molecular formula is C22H22N4O2S2. The Morgan fingerprint density at radius 1 is 1.20 bits per heavy atom. The highest BCUT2D eigenvalue weighted by Crippen LogP contribution is 2.33. The van der Waals surface area contributed by atoms with Gasteiger partial charge in [0.1, 0.15) is 11.4 Å². The maximum atomic E-state index is 13.0. The summed E-state index contributed by atoms with van der Waals surface area (Å²) in [5.41, 5.74) is 1.78. The molecule has 3 aromatic heterocycles. The van der Waals surface area contributed by atoms with E-state index in [2.05, 4.69) is 15.2 Å². The highest BCUT2D eigenvalue weighted by atomic mass is 32.1. The van der Waals surface area contributed by atoms with Crippen molar-refractivity contribution in [2.45, 2.75) is 19.5 Å². The Morgan fingerprint density at radius 3 is 2.73 bits per heavy atom. The van der Waals surface area contributed by atoms with E-state index in [4.69, 9.17) is 0 Å². The molecule has 0 aliphatic rings. The molecule has 1 amide bonds. The van der Waals surface area contributed by atoms with E-state index >= 15 is 0 Å². The van der Waals surface area contributed by atoms with Gasteiger partial charge in [0.05, 0.1) is 11.7 Å². The molecule has 1 atom stereocenters. The summed E-state index contributed by atoms with van der Waals surface area (Å²) in [6, 6.07) is 13.9. The summed E-state index contributed by atoms with van der Waals surface area (Å²) >= 11 is 3.03. The fourth-order valence-electron chi connectivity index (χ4n) is 3.41. The molecule has 154 valence electrons. The number of rotatable bonds is 7. The Balaban J connectivity index is 1.46. The van der Waals surface area contributed by atoms with Crippen molar-refractivity contribution < 1.29 is 4.79 Å². The summed E-state index contributed by atoms with van der Waals surface area (Å²) < 4.78 is 1.38. The number of anilines is 1. The molecular weight excluding hydrogens is 416 g/mol. The second kappa shape index (κ2) is 8.81. The highest BCUT2D eigenvalue weighted by molar-refractivity contribution is 7.18. The van der Waals surface area contributed by atoms with Crippen LogP contribution in [0.5, 0.6) is 0 Å². The van der Waals surface area contributed by atoms with E-state index in [1.165, 1.54) is 22.2 Å². The Kier molecular flexibility index (Phi) is 5.96. The Bertz CT molecular complexity index is 1200. The van der Waals surface area contributed by atoms with E-state index < -0.39 is 0 Å². The van der Waals surface area contributed by atoms with Crippen LogP contribution in [-0.2, 0) is 11.3 Å². The van der Waals surface area contributed by atoms with Gasteiger partial charge in [0.25, 0.3) is 5.56 Å². The molecule has 0 aliphatic heterocycles. The number of aromatic nitrogens is 2. The summed E-state index contributed by atoms with van der Waals surface area (Å²) in [7, 11) is 1.99. The Morgan fingerprint density at radius 2 is 2.00 bits per heavy atom. The van der Waals surface area contributed by atoms with Gasteiger partial charge in [0.15, 0.2) is 0 Å². The van der Waals surface area contributed by atoms with Gasteiger partial charge in [0, 0.05) is 41.1 Å². The lowest BCUT2D eigenvalue weighted by molar-refractivity contribution is -0.122. The molecule has 0 saturated heterocycles. The molecule has 0 aliphatic carbocycles. The van der Waals surface area contributed by atoms with Crippen molar-refractivity contribution in [2.24, 2.45) is 0 Å². The quantitative estimate of drug-likeness (QED) is 0.476. The minimum Gasteiger partial charge on any atom is -0.373 e. The number of thiophene rings is 2. The lowest BCUT2D eigenvalue weighted by atomic mass is 10.2. The maximum Gasteiger partial charge on any atom is 0.263 e. The monoisotopic (exact) mass is 438 g/mol. The fraction of sp³-hybridized carbons (Fsp3) is 0.227. The first-order chi connectivity index (χ1) is 14.5. The minimum absolute atomic E-state index is 0.0547. The summed E-state index contributed by atoms with van der Waals surface area (Å²) in [4.78, 5) is 33.8. The third-order valence-corrected chi connectivity index (χ3v) is 6.60. The number of carbonyl (C=O) groups is 1. The summed E-state index contributed by atoms with van der Waals surface area (Å²) in [5.74, 6) is -0.208. The molecule has 1 N–H and O–H groups in total. The van der Waals surface area contributed by atoms with Gasteiger partial charge in [0.2, 0.25) is 5.91 Å². The first-order valence-electron chi connectivity index (χ1n) is 9.59. The van der Waals surface area contributed by atoms with Crippen LogP contribution in [0.1, 0.15) is 6.92 Å². The zero-order chi connectivity index (χ0) is 21.1. The largest absolute Gasteiger partial charge is 0.373 e. The third-order valence-electron chi connectivity index (χ3n) is 4.81. The van der Waals surface area contributed by atoms with E-state index in [-0.39, 0.29) is 24.1 Å². The van der Waals surface area contributed by atoms with Crippen LogP contribution in [-0.4, -0.2) is 35.1 Å². The molecule has 0 fully saturated rings. The third kappa shape index (κ3) is 4.29. The molecule has 0 radical (unpaired) electrons. The predicted octanol–water partition coefficient (Wildman–Crippen LogP) is 3.83. The summed E-state index contributed by atoms with van der Waals surface area (Å²) in [6.45, 7) is 2.56. The van der Waals surface area contributed by atoms with E-state index in [1.54, 1.807) is 11.3 Å². The van der Waals surface area contributed by atoms with Crippen LogP contribution in [0.3, 0.4) is 0 Å². The predicted molar refractivity (Wildman–Crippen MR) is 125 cm³/mol. The molecule has 3 heterocycles. The molecule has 4 rings (SSSR count). The second-order valence-corrected chi connectivity index (χ2v) is 8.97. The van der Waals surface area contributed by atoms with Crippen LogP contribution in [0.15, 0.2) is 64.3 Å². The average molecular weight is 439 g/mol. The van der Waals surface area contributed by atoms with E-state index in [0.29, 0.717) is 16.8 Å². The summed E-state index contributed by atoms with van der Waals surface area (Å²) in [5, 5.41) is 7.49. The molecule has 0 saturated carbocycles. The van der Waals surface area contributed by atoms with Crippen LogP contribution < -0.4 is 15.8 Å². The topological polar surface area (TPSA) is 67.2 Å². The molecule has 4 aromatic rings. The smallest absolute Gasteiger partial charge is 0.263 e. The maximum absolute atomic E-state index is 13.0. The standard InChI is InChI=1S/C22H22N4O2S2/c1-15(11-25(2)16-7-4-3-5-8-16)24-19(27)12-26-14-23-21-20(22(26)28)17(13-30-21)18-9-6-10-29-18/h3-10,13-15H,11-12H2,1-2H3,(H,24,27)/t15-/m0/s1. The first-order valence-corrected chi connectivity index (χ1v) is 11.3. The van der Waals surface area contributed by atoms with Crippen LogP contribution in [0.4, 0.5) is 5.69 Å². The molecule has 6 nitrogen and oxygen atoms in total. The SMILES string of the molecule is C[C@@H](CN(C)c1ccccc1)NC(=O)Cn1cnc2scc(-c3cccs3)c2c1=O. The van der Waals surface area contributed by atoms with Crippen LogP contribution in [0.2, 0.25) is 0 Å². The number of carbonyl (C=O) groups excluding carboxylic acids is 1. The minimum atomic E-state index is -0.208. The van der Waals surface area contributed by atoms with Crippen molar-refractivity contribution in [1.29, 1.82) is 0 Å². The Hall–Kier alpha value is -2.97. The van der Waals surface area contributed by atoms with Crippen molar-refractivity contribution in [2.75, 3.05) is 18.5 Å². The second-order valence-electron chi connectivity index (χ2n) is 7.17. The van der Waals surface area contributed by atoms with Gasteiger partial charge >= 0.3 is 0 Å². The fourth-order valence-corrected chi connectivity index (χ4v) is 5.13. The van der Waals surface area contributed by atoms with Crippen molar-refractivity contribution in [3.8, 4) is 10.4 Å². The van der Waals surface area contributed by atoms with Gasteiger partial charge in [-0.3, -0.25) is 14.2 Å². The molecule has 0 bridgehead atoms. The van der Waals surface area contributed by atoms with Gasteiger partial charge in [-0.1, -0.05) is 24.3 Å². The van der Waals surface area contributed by atoms with Crippen molar-refractivity contribution >= 4 is 44.5 Å². The molecule has 0 unspecified atom stereocenters. The van der Waals surface area contributed by atoms with E-state index in [9.17, 15) is 9.59 Å². The lowest BCUT2D eigenvalue weighted by Crippen LogP contribution is -2.43. The number of amides is 1. The zero-order valence-corrected chi connectivity index (χ0v) is 18.4. The zero-order valence-electron chi connectivity index (χ0n) is 16.7. The van der Waals surface area contributed by atoms with E-state index in [1.807, 2.05) is 67.2 Å².